The Kier molecular flexibility index (Phi) is 5.45. The topological polar surface area (TPSA) is 46.2 Å². The van der Waals surface area contributed by atoms with Crippen LogP contribution in [0.4, 0.5) is 0 Å². The molecule has 0 saturated heterocycles. The molecule has 2 rings (SSSR count). The summed E-state index contributed by atoms with van der Waals surface area (Å²) in [6.07, 6.45) is 6.49. The first-order valence-corrected chi connectivity index (χ1v) is 9.53. The van der Waals surface area contributed by atoms with Crippen LogP contribution in [0.15, 0.2) is 32.0 Å². The molecule has 3 nitrogen and oxygen atoms in total. The molecular weight excluding hydrogens is 394 g/mol. The van der Waals surface area contributed by atoms with E-state index in [1.54, 1.807) is 12.1 Å². The quantitative estimate of drug-likeness (QED) is 0.758. The van der Waals surface area contributed by atoms with Crippen molar-refractivity contribution in [2.24, 2.45) is 0 Å². The Morgan fingerprint density at radius 1 is 1.05 bits per heavy atom. The number of rotatable bonds is 3. The van der Waals surface area contributed by atoms with Gasteiger partial charge in [-0.05, 0) is 47.0 Å². The molecule has 1 N–H and O–H groups in total. The second kappa shape index (κ2) is 6.70. The van der Waals surface area contributed by atoms with Crippen LogP contribution in [0.2, 0.25) is 0 Å². The second-order valence-corrected chi connectivity index (χ2v) is 8.34. The molecule has 0 aliphatic heterocycles. The van der Waals surface area contributed by atoms with Crippen molar-refractivity contribution in [3.05, 3.63) is 27.1 Å². The Balaban J connectivity index is 2.19. The number of hydrogen-bond acceptors (Lipinski definition) is 2. The molecule has 0 bridgehead atoms. The maximum absolute atomic E-state index is 12.4. The largest absolute Gasteiger partial charge is 0.241 e. The van der Waals surface area contributed by atoms with Crippen LogP contribution < -0.4 is 4.72 Å². The molecule has 1 aliphatic carbocycles. The fourth-order valence-electron chi connectivity index (χ4n) is 2.36. The lowest BCUT2D eigenvalue weighted by Crippen LogP contribution is -2.34. The van der Waals surface area contributed by atoms with Gasteiger partial charge in [-0.25, -0.2) is 13.1 Å². The average Bonchev–Trinajstić information content (AvgIpc) is 2.60. The molecule has 106 valence electrons. The summed E-state index contributed by atoms with van der Waals surface area (Å²) in [6.45, 7) is 0. The highest BCUT2D eigenvalue weighted by Crippen LogP contribution is 2.27. The van der Waals surface area contributed by atoms with Crippen molar-refractivity contribution in [2.45, 2.75) is 49.5 Å². The number of hydrogen-bond donors (Lipinski definition) is 1. The highest BCUT2D eigenvalue weighted by molar-refractivity contribution is 9.11. The van der Waals surface area contributed by atoms with Gasteiger partial charge >= 0.3 is 0 Å². The molecule has 19 heavy (non-hydrogen) atoms. The first-order chi connectivity index (χ1) is 8.99. The zero-order valence-corrected chi connectivity index (χ0v) is 14.5. The van der Waals surface area contributed by atoms with E-state index in [9.17, 15) is 8.42 Å². The number of sulfonamides is 1. The summed E-state index contributed by atoms with van der Waals surface area (Å²) in [5, 5.41) is 0. The zero-order chi connectivity index (χ0) is 13.9. The summed E-state index contributed by atoms with van der Waals surface area (Å²) in [4.78, 5) is 0.297. The molecule has 0 unspecified atom stereocenters. The third-order valence-corrected chi connectivity index (χ3v) is 6.37. The lowest BCUT2D eigenvalue weighted by atomic mass is 10.1. The SMILES string of the molecule is O=S(=O)(NC1CCCCCC1)c1cc(Br)ccc1Br. The van der Waals surface area contributed by atoms with Gasteiger partial charge in [-0.3, -0.25) is 0 Å². The van der Waals surface area contributed by atoms with Crippen molar-refractivity contribution in [2.75, 3.05) is 0 Å². The summed E-state index contributed by atoms with van der Waals surface area (Å²) in [7, 11) is -3.46. The molecule has 0 aromatic heterocycles. The van der Waals surface area contributed by atoms with Gasteiger partial charge in [-0.2, -0.15) is 0 Å². The first-order valence-electron chi connectivity index (χ1n) is 6.46. The normalized spacial score (nSPS) is 18.2. The smallest absolute Gasteiger partial charge is 0.208 e. The number of halogens is 2. The predicted molar refractivity (Wildman–Crippen MR) is 83.7 cm³/mol. The Morgan fingerprint density at radius 3 is 2.32 bits per heavy atom. The van der Waals surface area contributed by atoms with E-state index in [1.165, 1.54) is 12.8 Å². The lowest BCUT2D eigenvalue weighted by molar-refractivity contribution is 0.509. The molecule has 1 aromatic rings. The summed E-state index contributed by atoms with van der Waals surface area (Å²) in [5.74, 6) is 0. The standard InChI is InChI=1S/C13H17Br2NO2S/c14-10-7-8-12(15)13(9-10)19(17,18)16-11-5-3-1-2-4-6-11/h7-9,11,16H,1-6H2. The first kappa shape index (κ1) is 15.5. The minimum Gasteiger partial charge on any atom is -0.208 e. The summed E-state index contributed by atoms with van der Waals surface area (Å²) in [6, 6.07) is 5.25. The lowest BCUT2D eigenvalue weighted by Gasteiger charge is -2.17. The van der Waals surface area contributed by atoms with Crippen LogP contribution in [0.5, 0.6) is 0 Å². The van der Waals surface area contributed by atoms with Gasteiger partial charge in [-0.15, -0.1) is 0 Å². The fraction of sp³-hybridized carbons (Fsp3) is 0.538. The Hall–Kier alpha value is 0.0900. The third kappa shape index (κ3) is 4.28. The average molecular weight is 411 g/mol. The fourth-order valence-corrected chi connectivity index (χ4v) is 5.17. The van der Waals surface area contributed by atoms with Crippen LogP contribution in [0.1, 0.15) is 38.5 Å². The van der Waals surface area contributed by atoms with Gasteiger partial charge in [-0.1, -0.05) is 41.6 Å². The van der Waals surface area contributed by atoms with Gasteiger partial charge in [0.05, 0.1) is 4.90 Å². The molecule has 1 fully saturated rings. The van der Waals surface area contributed by atoms with Crippen LogP contribution in [0.3, 0.4) is 0 Å². The van der Waals surface area contributed by atoms with Crippen LogP contribution >= 0.6 is 31.9 Å². The minimum absolute atomic E-state index is 0.0679. The van der Waals surface area contributed by atoms with E-state index in [0.29, 0.717) is 9.37 Å². The van der Waals surface area contributed by atoms with Gasteiger partial charge in [0, 0.05) is 15.0 Å². The van der Waals surface area contributed by atoms with E-state index in [2.05, 4.69) is 36.6 Å². The number of benzene rings is 1. The molecule has 6 heteroatoms. The van der Waals surface area contributed by atoms with Gasteiger partial charge in [0.15, 0.2) is 0 Å². The highest BCUT2D eigenvalue weighted by Gasteiger charge is 2.23. The Labute approximate surface area is 131 Å². The molecule has 1 aliphatic rings. The van der Waals surface area contributed by atoms with E-state index in [1.807, 2.05) is 6.07 Å². The van der Waals surface area contributed by atoms with Crippen molar-refractivity contribution in [1.82, 2.24) is 4.72 Å². The molecule has 1 aromatic carbocycles. The van der Waals surface area contributed by atoms with Crippen molar-refractivity contribution in [1.29, 1.82) is 0 Å². The maximum Gasteiger partial charge on any atom is 0.241 e. The Bertz CT molecular complexity index is 538. The maximum atomic E-state index is 12.4. The van der Waals surface area contributed by atoms with Crippen molar-refractivity contribution in [3.8, 4) is 0 Å². The molecular formula is C13H17Br2NO2S. The predicted octanol–water partition coefficient (Wildman–Crippen LogP) is 4.21. The Morgan fingerprint density at radius 2 is 1.68 bits per heavy atom. The van der Waals surface area contributed by atoms with E-state index in [0.717, 1.165) is 30.2 Å². The van der Waals surface area contributed by atoms with E-state index >= 15 is 0 Å². The molecule has 0 amide bonds. The minimum atomic E-state index is -3.46. The van der Waals surface area contributed by atoms with Crippen LogP contribution in [0, 0.1) is 0 Å². The molecule has 0 radical (unpaired) electrons. The molecule has 0 atom stereocenters. The van der Waals surface area contributed by atoms with Crippen LogP contribution in [-0.2, 0) is 10.0 Å². The van der Waals surface area contributed by atoms with Gasteiger partial charge in [0.1, 0.15) is 0 Å². The highest BCUT2D eigenvalue weighted by atomic mass is 79.9. The molecule has 1 saturated carbocycles. The summed E-state index contributed by atoms with van der Waals surface area (Å²) in [5.41, 5.74) is 0. The van der Waals surface area contributed by atoms with Crippen molar-refractivity contribution in [3.63, 3.8) is 0 Å². The van der Waals surface area contributed by atoms with E-state index in [4.69, 9.17) is 0 Å². The van der Waals surface area contributed by atoms with Gasteiger partial charge in [0.2, 0.25) is 10.0 Å². The molecule has 0 heterocycles. The number of nitrogens with one attached hydrogen (secondary N) is 1. The van der Waals surface area contributed by atoms with Crippen LogP contribution in [-0.4, -0.2) is 14.5 Å². The van der Waals surface area contributed by atoms with Gasteiger partial charge < -0.3 is 0 Å². The van der Waals surface area contributed by atoms with Crippen LogP contribution in [0.25, 0.3) is 0 Å². The van der Waals surface area contributed by atoms with Crippen molar-refractivity contribution >= 4 is 41.9 Å². The molecule has 0 spiro atoms. The second-order valence-electron chi connectivity index (χ2n) is 4.88. The van der Waals surface area contributed by atoms with Gasteiger partial charge in [0.25, 0.3) is 0 Å². The van der Waals surface area contributed by atoms with E-state index in [-0.39, 0.29) is 6.04 Å². The summed E-state index contributed by atoms with van der Waals surface area (Å²) >= 11 is 6.62. The zero-order valence-electron chi connectivity index (χ0n) is 10.5. The monoisotopic (exact) mass is 409 g/mol. The third-order valence-electron chi connectivity index (χ3n) is 3.36. The van der Waals surface area contributed by atoms with Crippen molar-refractivity contribution < 1.29 is 8.42 Å². The summed E-state index contributed by atoms with van der Waals surface area (Å²) < 4.78 is 29.0. The van der Waals surface area contributed by atoms with E-state index < -0.39 is 10.0 Å².